The van der Waals surface area contributed by atoms with Gasteiger partial charge in [-0.15, -0.1) is 0 Å². The van der Waals surface area contributed by atoms with Crippen molar-refractivity contribution in [1.29, 1.82) is 5.26 Å². The average Bonchev–Trinajstić information content (AvgIpc) is 2.86. The number of aryl methyl sites for hydroxylation is 1. The lowest BCUT2D eigenvalue weighted by Gasteiger charge is -2.11. The normalized spacial score (nSPS) is 12.4. The number of benzene rings is 1. The number of carboxylic acid groups (broad SMARTS) is 1. The van der Waals surface area contributed by atoms with Crippen molar-refractivity contribution >= 4 is 34.4 Å². The molecule has 22 heavy (non-hydrogen) atoms. The van der Waals surface area contributed by atoms with Gasteiger partial charge in [-0.1, -0.05) is 23.9 Å². The summed E-state index contributed by atoms with van der Waals surface area (Å²) >= 11 is 1.25. The fraction of sp³-hybridized carbons (Fsp3) is 0.188. The smallest absolute Gasteiger partial charge is 0.316 e. The molecule has 0 aliphatic carbocycles. The number of hydrogen-bond donors (Lipinski definition) is 1. The van der Waals surface area contributed by atoms with Crippen LogP contribution >= 0.6 is 11.8 Å². The molecule has 0 bridgehead atoms. The van der Waals surface area contributed by atoms with Gasteiger partial charge in [0.1, 0.15) is 11.3 Å². The third kappa shape index (κ3) is 2.20. The van der Waals surface area contributed by atoms with E-state index >= 15 is 0 Å². The number of fused-ring (bicyclic) bond motifs is 3. The molecule has 2 heterocycles. The first kappa shape index (κ1) is 14.4. The van der Waals surface area contributed by atoms with Gasteiger partial charge in [0.25, 0.3) is 0 Å². The summed E-state index contributed by atoms with van der Waals surface area (Å²) < 4.78 is 1.87. The molecule has 0 saturated heterocycles. The Labute approximate surface area is 131 Å². The maximum Gasteiger partial charge on any atom is 0.316 e. The molecule has 2 aromatic heterocycles. The van der Waals surface area contributed by atoms with Gasteiger partial charge < -0.3 is 5.11 Å². The number of pyridine rings is 1. The van der Waals surface area contributed by atoms with Crippen molar-refractivity contribution in [2.45, 2.75) is 24.1 Å². The number of hydrogen-bond acceptors (Lipinski definition) is 4. The highest BCUT2D eigenvalue weighted by Crippen LogP contribution is 2.31. The lowest BCUT2D eigenvalue weighted by molar-refractivity contribution is -0.136. The number of nitriles is 1. The number of thioether (sulfide) groups is 1. The van der Waals surface area contributed by atoms with E-state index in [1.165, 1.54) is 11.8 Å². The highest BCUT2D eigenvalue weighted by atomic mass is 32.2. The Hall–Kier alpha value is -2.52. The molecule has 0 aliphatic rings. The first-order valence-corrected chi connectivity index (χ1v) is 7.61. The van der Waals surface area contributed by atoms with Crippen molar-refractivity contribution in [3.05, 3.63) is 41.5 Å². The van der Waals surface area contributed by atoms with Gasteiger partial charge >= 0.3 is 5.97 Å². The second kappa shape index (κ2) is 5.35. The summed E-state index contributed by atoms with van der Waals surface area (Å²) in [6.45, 7) is 3.49. The van der Waals surface area contributed by atoms with Crippen LogP contribution < -0.4 is 0 Å². The number of rotatable bonds is 3. The minimum Gasteiger partial charge on any atom is -0.480 e. The highest BCUT2D eigenvalue weighted by molar-refractivity contribution is 8.00. The third-order valence-corrected chi connectivity index (χ3v) is 4.59. The molecule has 0 amide bonds. The molecule has 110 valence electrons. The van der Waals surface area contributed by atoms with Crippen LogP contribution in [0.1, 0.15) is 18.1 Å². The van der Waals surface area contributed by atoms with Crippen molar-refractivity contribution in [2.75, 3.05) is 0 Å². The van der Waals surface area contributed by atoms with E-state index in [1.807, 2.05) is 41.7 Å². The maximum absolute atomic E-state index is 11.2. The fourth-order valence-corrected chi connectivity index (χ4v) is 3.37. The van der Waals surface area contributed by atoms with E-state index in [9.17, 15) is 10.1 Å². The van der Waals surface area contributed by atoms with Crippen molar-refractivity contribution in [3.8, 4) is 6.07 Å². The molecule has 1 N–H and O–H groups in total. The first-order valence-electron chi connectivity index (χ1n) is 6.73. The molecule has 0 fully saturated rings. The van der Waals surface area contributed by atoms with E-state index in [0.717, 1.165) is 21.6 Å². The van der Waals surface area contributed by atoms with Crippen LogP contribution in [0.15, 0.2) is 35.4 Å². The Balaban J connectivity index is 2.37. The van der Waals surface area contributed by atoms with E-state index < -0.39 is 11.2 Å². The van der Waals surface area contributed by atoms with Crippen LogP contribution in [-0.4, -0.2) is 25.7 Å². The number of carboxylic acids is 1. The van der Waals surface area contributed by atoms with Crippen LogP contribution in [0.3, 0.4) is 0 Å². The van der Waals surface area contributed by atoms with Gasteiger partial charge in [-0.3, -0.25) is 9.20 Å². The second-order valence-electron chi connectivity index (χ2n) is 5.01. The standard InChI is InChI=1S/C16H13N3O2S/c1-9-7-14(22-10(2)16(20)21)19-13-6-4-3-5-12(13)18-15(19)11(9)8-17/h3-7,10H,1-2H3,(H,20,21)/t10-/m0/s1. The van der Waals surface area contributed by atoms with E-state index in [4.69, 9.17) is 5.11 Å². The second-order valence-corrected chi connectivity index (χ2v) is 6.37. The largest absolute Gasteiger partial charge is 0.480 e. The van der Waals surface area contributed by atoms with E-state index in [0.29, 0.717) is 11.2 Å². The minimum absolute atomic E-state index is 0.517. The Morgan fingerprint density at radius 3 is 2.86 bits per heavy atom. The van der Waals surface area contributed by atoms with E-state index in [1.54, 1.807) is 6.92 Å². The van der Waals surface area contributed by atoms with Gasteiger partial charge in [0.2, 0.25) is 0 Å². The molecule has 1 aromatic carbocycles. The van der Waals surface area contributed by atoms with Gasteiger partial charge in [0.15, 0.2) is 5.65 Å². The monoisotopic (exact) mass is 311 g/mol. The van der Waals surface area contributed by atoms with Gasteiger partial charge in [-0.2, -0.15) is 5.26 Å². The molecule has 0 unspecified atom stereocenters. The molecular weight excluding hydrogens is 298 g/mol. The number of imidazole rings is 1. The Morgan fingerprint density at radius 2 is 2.18 bits per heavy atom. The van der Waals surface area contributed by atoms with Crippen LogP contribution in [-0.2, 0) is 4.79 Å². The number of aromatic nitrogens is 2. The Kier molecular flexibility index (Phi) is 3.51. The molecular formula is C16H13N3O2S. The summed E-state index contributed by atoms with van der Waals surface area (Å²) in [4.78, 5) is 15.7. The summed E-state index contributed by atoms with van der Waals surface area (Å²) in [5, 5.41) is 18.7. The zero-order valence-electron chi connectivity index (χ0n) is 12.1. The summed E-state index contributed by atoms with van der Waals surface area (Å²) in [6, 6.07) is 11.6. The summed E-state index contributed by atoms with van der Waals surface area (Å²) in [7, 11) is 0. The Bertz CT molecular complexity index is 940. The molecule has 6 heteroatoms. The first-order chi connectivity index (χ1) is 10.5. The zero-order valence-corrected chi connectivity index (χ0v) is 12.9. The molecule has 1 atom stereocenters. The molecule has 0 aliphatic heterocycles. The van der Waals surface area contributed by atoms with E-state index in [2.05, 4.69) is 11.1 Å². The van der Waals surface area contributed by atoms with Crippen molar-refractivity contribution in [1.82, 2.24) is 9.38 Å². The summed E-state index contributed by atoms with van der Waals surface area (Å²) in [5.41, 5.74) is 3.54. The number of para-hydroxylation sites is 2. The molecule has 0 spiro atoms. The molecule has 3 rings (SSSR count). The molecule has 0 saturated carbocycles. The highest BCUT2D eigenvalue weighted by Gasteiger charge is 2.19. The van der Waals surface area contributed by atoms with Crippen molar-refractivity contribution < 1.29 is 9.90 Å². The van der Waals surface area contributed by atoms with Gasteiger partial charge in [0, 0.05) is 0 Å². The SMILES string of the molecule is Cc1cc(S[C@@H](C)C(=O)O)n2c(nc3ccccc32)c1C#N. The third-order valence-electron chi connectivity index (χ3n) is 3.50. The van der Waals surface area contributed by atoms with Crippen molar-refractivity contribution in [2.24, 2.45) is 0 Å². The van der Waals surface area contributed by atoms with Crippen LogP contribution in [0.4, 0.5) is 0 Å². The van der Waals surface area contributed by atoms with Crippen molar-refractivity contribution in [3.63, 3.8) is 0 Å². The van der Waals surface area contributed by atoms with Crippen LogP contribution in [0.5, 0.6) is 0 Å². The number of carbonyl (C=O) groups is 1. The van der Waals surface area contributed by atoms with E-state index in [-0.39, 0.29) is 0 Å². The quantitative estimate of drug-likeness (QED) is 0.751. The maximum atomic E-state index is 11.2. The predicted molar refractivity (Wildman–Crippen MR) is 85.1 cm³/mol. The average molecular weight is 311 g/mol. The van der Waals surface area contributed by atoms with Crippen LogP contribution in [0.25, 0.3) is 16.7 Å². The molecule has 3 aromatic rings. The number of aliphatic carboxylic acids is 1. The van der Waals surface area contributed by atoms with Crippen LogP contribution in [0.2, 0.25) is 0 Å². The topological polar surface area (TPSA) is 78.4 Å². The summed E-state index contributed by atoms with van der Waals surface area (Å²) in [5.74, 6) is -0.871. The Morgan fingerprint density at radius 1 is 1.45 bits per heavy atom. The molecule has 0 radical (unpaired) electrons. The van der Waals surface area contributed by atoms with Crippen LogP contribution in [0, 0.1) is 18.3 Å². The lowest BCUT2D eigenvalue weighted by atomic mass is 10.2. The lowest BCUT2D eigenvalue weighted by Crippen LogP contribution is -2.12. The van der Waals surface area contributed by atoms with Gasteiger partial charge in [-0.05, 0) is 37.6 Å². The van der Waals surface area contributed by atoms with Gasteiger partial charge in [-0.25, -0.2) is 4.98 Å². The molecule has 5 nitrogen and oxygen atoms in total. The minimum atomic E-state index is -0.871. The predicted octanol–water partition coefficient (Wildman–Crippen LogP) is 3.23. The fourth-order valence-electron chi connectivity index (χ4n) is 2.37. The number of nitrogens with zero attached hydrogens (tertiary/aromatic N) is 3. The summed E-state index contributed by atoms with van der Waals surface area (Å²) in [6.07, 6.45) is 0. The zero-order chi connectivity index (χ0) is 15.9. The van der Waals surface area contributed by atoms with Gasteiger partial charge in [0.05, 0.1) is 21.6 Å².